The second-order valence-electron chi connectivity index (χ2n) is 13.2. The molecule has 7 atom stereocenters. The van der Waals surface area contributed by atoms with Gasteiger partial charge in [-0.2, -0.15) is 0 Å². The molecule has 1 aliphatic heterocycles. The quantitative estimate of drug-likeness (QED) is 0.342. The topological polar surface area (TPSA) is 60.3 Å². The van der Waals surface area contributed by atoms with Crippen molar-refractivity contribution in [3.05, 3.63) is 23.3 Å². The van der Waals surface area contributed by atoms with E-state index in [2.05, 4.69) is 38.1 Å². The van der Waals surface area contributed by atoms with Crippen LogP contribution in [-0.2, 0) is 14.3 Å². The number of allylic oxidation sites excluding steroid dienone is 3. The van der Waals surface area contributed by atoms with Gasteiger partial charge in [0.15, 0.2) is 6.29 Å². The standard InChI is InChI=1S/C30H47NO4/c1-20(31-34-19-28(2,3)32)24-11-12-25-23-10-9-21-18-22(35-27-8-6-7-17-33-27)13-15-29(21,4)26(23)14-16-30(24,25)5/h9-10,22,24-27,32H,6-8,11-19H2,1-5H3/t22-,24+,25-,26-,27?,29-,30+/m0/s1. The van der Waals surface area contributed by atoms with E-state index in [-0.39, 0.29) is 23.7 Å². The summed E-state index contributed by atoms with van der Waals surface area (Å²) >= 11 is 0. The van der Waals surface area contributed by atoms with E-state index in [4.69, 9.17) is 14.3 Å². The minimum atomic E-state index is -0.857. The van der Waals surface area contributed by atoms with Crippen molar-refractivity contribution in [2.45, 2.75) is 117 Å². The number of rotatable bonds is 6. The van der Waals surface area contributed by atoms with Crippen molar-refractivity contribution in [3.8, 4) is 0 Å². The first kappa shape index (κ1) is 25.5. The molecule has 4 aliphatic carbocycles. The Bertz CT molecular complexity index is 879. The summed E-state index contributed by atoms with van der Waals surface area (Å²) in [5, 5.41) is 14.4. The van der Waals surface area contributed by atoms with E-state index in [9.17, 15) is 5.11 Å². The maximum atomic E-state index is 9.96. The van der Waals surface area contributed by atoms with Crippen LogP contribution in [0.2, 0.25) is 0 Å². The van der Waals surface area contributed by atoms with E-state index in [1.54, 1.807) is 25.0 Å². The Labute approximate surface area is 212 Å². The van der Waals surface area contributed by atoms with Gasteiger partial charge in [-0.15, -0.1) is 0 Å². The van der Waals surface area contributed by atoms with Crippen molar-refractivity contribution in [2.24, 2.45) is 33.7 Å². The van der Waals surface area contributed by atoms with E-state index < -0.39 is 5.60 Å². The van der Waals surface area contributed by atoms with Gasteiger partial charge < -0.3 is 19.4 Å². The first-order valence-corrected chi connectivity index (χ1v) is 14.2. The molecule has 5 nitrogen and oxygen atoms in total. The highest BCUT2D eigenvalue weighted by Crippen LogP contribution is 2.65. The molecule has 1 unspecified atom stereocenters. The molecule has 3 saturated carbocycles. The van der Waals surface area contributed by atoms with Gasteiger partial charge in [0, 0.05) is 12.5 Å². The summed E-state index contributed by atoms with van der Waals surface area (Å²) in [7, 11) is 0. The SMILES string of the molecule is CC(=NOCC(C)(C)O)[C@H]1CC[C@H]2C3=CC=C4C[C@@H](OC5CCCCO5)CC[C@]4(C)[C@H]3CC[C@]12C. The third-order valence-corrected chi connectivity index (χ3v) is 10.1. The van der Waals surface area contributed by atoms with Crippen LogP contribution < -0.4 is 0 Å². The third-order valence-electron chi connectivity index (χ3n) is 10.1. The lowest BCUT2D eigenvalue weighted by Crippen LogP contribution is -2.47. The number of aliphatic hydroxyl groups is 1. The van der Waals surface area contributed by atoms with Crippen molar-refractivity contribution < 1.29 is 19.4 Å². The second-order valence-corrected chi connectivity index (χ2v) is 13.2. The Morgan fingerprint density at radius 1 is 1.09 bits per heavy atom. The molecule has 5 rings (SSSR count). The van der Waals surface area contributed by atoms with Crippen molar-refractivity contribution in [1.82, 2.24) is 0 Å². The largest absolute Gasteiger partial charge is 0.393 e. The molecular formula is C30H47NO4. The smallest absolute Gasteiger partial charge is 0.157 e. The lowest BCUT2D eigenvalue weighted by molar-refractivity contribution is -0.193. The van der Waals surface area contributed by atoms with Crippen LogP contribution in [0.15, 0.2) is 28.5 Å². The summed E-state index contributed by atoms with van der Waals surface area (Å²) in [5.74, 6) is 1.74. The minimum Gasteiger partial charge on any atom is -0.393 e. The van der Waals surface area contributed by atoms with Gasteiger partial charge >= 0.3 is 0 Å². The number of nitrogens with zero attached hydrogens (tertiary/aromatic N) is 1. The van der Waals surface area contributed by atoms with Crippen LogP contribution in [0.4, 0.5) is 0 Å². The van der Waals surface area contributed by atoms with E-state index in [0.29, 0.717) is 23.9 Å². The fourth-order valence-electron chi connectivity index (χ4n) is 8.16. The molecule has 1 saturated heterocycles. The van der Waals surface area contributed by atoms with Crippen molar-refractivity contribution in [2.75, 3.05) is 13.2 Å². The molecule has 0 aromatic rings. The molecule has 1 N–H and O–H groups in total. The summed E-state index contributed by atoms with van der Waals surface area (Å²) < 4.78 is 12.3. The summed E-state index contributed by atoms with van der Waals surface area (Å²) in [4.78, 5) is 5.55. The molecule has 5 aliphatic rings. The average Bonchev–Trinajstić information content (AvgIpc) is 3.16. The van der Waals surface area contributed by atoms with Crippen LogP contribution in [0.1, 0.15) is 98.8 Å². The number of ether oxygens (including phenoxy) is 2. The number of hydrogen-bond donors (Lipinski definition) is 1. The zero-order chi connectivity index (χ0) is 24.8. The van der Waals surface area contributed by atoms with Crippen LogP contribution in [0.3, 0.4) is 0 Å². The predicted molar refractivity (Wildman–Crippen MR) is 139 cm³/mol. The minimum absolute atomic E-state index is 0.0107. The van der Waals surface area contributed by atoms with Gasteiger partial charge in [-0.25, -0.2) is 0 Å². The zero-order valence-corrected chi connectivity index (χ0v) is 22.6. The predicted octanol–water partition coefficient (Wildman–Crippen LogP) is 6.56. The van der Waals surface area contributed by atoms with Crippen LogP contribution in [0, 0.1) is 28.6 Å². The molecule has 1 heterocycles. The molecule has 0 aromatic carbocycles. The van der Waals surface area contributed by atoms with E-state index in [0.717, 1.165) is 31.6 Å². The summed E-state index contributed by atoms with van der Waals surface area (Å²) in [6.45, 7) is 11.8. The van der Waals surface area contributed by atoms with Crippen molar-refractivity contribution in [3.63, 3.8) is 0 Å². The highest BCUT2D eigenvalue weighted by molar-refractivity contribution is 5.85. The van der Waals surface area contributed by atoms with E-state index >= 15 is 0 Å². The summed E-state index contributed by atoms with van der Waals surface area (Å²) in [6.07, 6.45) is 17.1. The molecule has 196 valence electrons. The van der Waals surface area contributed by atoms with Crippen LogP contribution >= 0.6 is 0 Å². The molecule has 0 bridgehead atoms. The normalized spacial score (nSPS) is 41.9. The summed E-state index contributed by atoms with van der Waals surface area (Å²) in [5.41, 5.74) is 4.06. The van der Waals surface area contributed by atoms with E-state index in [1.165, 1.54) is 44.9 Å². The number of oxime groups is 1. The Morgan fingerprint density at radius 3 is 2.66 bits per heavy atom. The maximum absolute atomic E-state index is 9.96. The summed E-state index contributed by atoms with van der Waals surface area (Å²) in [6, 6.07) is 0. The fourth-order valence-corrected chi connectivity index (χ4v) is 8.16. The van der Waals surface area contributed by atoms with Crippen LogP contribution in [0.5, 0.6) is 0 Å². The van der Waals surface area contributed by atoms with Gasteiger partial charge in [0.25, 0.3) is 0 Å². The first-order chi connectivity index (χ1) is 16.6. The number of fused-ring (bicyclic) bond motifs is 5. The van der Waals surface area contributed by atoms with Gasteiger partial charge in [0.05, 0.1) is 17.4 Å². The van der Waals surface area contributed by atoms with Crippen molar-refractivity contribution in [1.29, 1.82) is 0 Å². The van der Waals surface area contributed by atoms with Crippen molar-refractivity contribution >= 4 is 5.71 Å². The van der Waals surface area contributed by atoms with Gasteiger partial charge in [0.1, 0.15) is 6.61 Å². The monoisotopic (exact) mass is 485 g/mol. The maximum Gasteiger partial charge on any atom is 0.157 e. The highest BCUT2D eigenvalue weighted by atomic mass is 16.7. The number of hydrogen-bond acceptors (Lipinski definition) is 5. The van der Waals surface area contributed by atoms with E-state index in [1.807, 2.05) is 0 Å². The molecule has 5 heteroatoms. The van der Waals surface area contributed by atoms with Gasteiger partial charge in [-0.1, -0.05) is 42.3 Å². The van der Waals surface area contributed by atoms with Gasteiger partial charge in [-0.3, -0.25) is 0 Å². The molecular weight excluding hydrogens is 438 g/mol. The Kier molecular flexibility index (Phi) is 7.00. The lowest BCUT2D eigenvalue weighted by Gasteiger charge is -2.55. The highest BCUT2D eigenvalue weighted by Gasteiger charge is 2.57. The molecule has 0 radical (unpaired) electrons. The molecule has 35 heavy (non-hydrogen) atoms. The zero-order valence-electron chi connectivity index (χ0n) is 22.6. The van der Waals surface area contributed by atoms with Crippen LogP contribution in [0.25, 0.3) is 0 Å². The fraction of sp³-hybridized carbons (Fsp3) is 0.833. The molecule has 4 fully saturated rings. The average molecular weight is 486 g/mol. The molecule has 0 amide bonds. The Morgan fingerprint density at radius 2 is 1.91 bits per heavy atom. The lowest BCUT2D eigenvalue weighted by atomic mass is 9.50. The van der Waals surface area contributed by atoms with Gasteiger partial charge in [0.2, 0.25) is 0 Å². The molecule has 0 spiro atoms. The first-order valence-electron chi connectivity index (χ1n) is 14.2. The Balaban J connectivity index is 1.30. The van der Waals surface area contributed by atoms with Gasteiger partial charge in [-0.05, 0) is 108 Å². The Hall–Kier alpha value is -1.17. The van der Waals surface area contributed by atoms with Crippen LogP contribution in [-0.4, -0.2) is 42.0 Å². The second kappa shape index (κ2) is 9.61. The third kappa shape index (κ3) is 4.90. The molecule has 0 aromatic heterocycles.